The SMILES string of the molecule is C[C@@H]1[C@@H]([Si](C)(C)F)[C@H](CC(=O)N(CCO)Cc2ccccc2)O[C@@]12C(=O)N(Cc1ccc(I)cc1)c1ccccc12. The highest BCUT2D eigenvalue weighted by atomic mass is 127. The van der Waals surface area contributed by atoms with E-state index in [1.54, 1.807) is 22.9 Å². The molecular formula is C32H36FIN2O4Si. The van der Waals surface area contributed by atoms with E-state index in [-0.39, 0.29) is 31.4 Å². The normalized spacial score (nSPS) is 23.7. The first kappa shape index (κ1) is 29.9. The molecule has 2 amide bonds. The van der Waals surface area contributed by atoms with E-state index in [9.17, 15) is 14.7 Å². The van der Waals surface area contributed by atoms with E-state index in [1.165, 1.54) is 0 Å². The lowest BCUT2D eigenvalue weighted by Crippen LogP contribution is -2.45. The Morgan fingerprint density at radius 3 is 2.37 bits per heavy atom. The third-order valence-electron chi connectivity index (χ3n) is 8.44. The average molecular weight is 687 g/mol. The molecule has 0 aliphatic carbocycles. The van der Waals surface area contributed by atoms with E-state index in [2.05, 4.69) is 22.6 Å². The molecule has 2 aliphatic heterocycles. The number of ether oxygens (including phenoxy) is 1. The van der Waals surface area contributed by atoms with Crippen LogP contribution in [0.3, 0.4) is 0 Å². The minimum atomic E-state index is -3.41. The quantitative estimate of drug-likeness (QED) is 0.170. The van der Waals surface area contributed by atoms with Crippen LogP contribution >= 0.6 is 22.6 Å². The van der Waals surface area contributed by atoms with Crippen LogP contribution in [-0.2, 0) is 33.0 Å². The van der Waals surface area contributed by atoms with Gasteiger partial charge in [0.1, 0.15) is 0 Å². The molecule has 9 heteroatoms. The molecule has 5 rings (SSSR count). The highest BCUT2D eigenvalue weighted by Crippen LogP contribution is 2.60. The maximum Gasteiger partial charge on any atom is 0.264 e. The largest absolute Gasteiger partial charge is 0.395 e. The van der Waals surface area contributed by atoms with Crippen molar-refractivity contribution in [3.8, 4) is 0 Å². The molecule has 0 radical (unpaired) electrons. The highest BCUT2D eigenvalue weighted by molar-refractivity contribution is 14.1. The van der Waals surface area contributed by atoms with Crippen molar-refractivity contribution in [3.05, 3.63) is 99.1 Å². The van der Waals surface area contributed by atoms with Gasteiger partial charge in [0.25, 0.3) is 5.91 Å². The highest BCUT2D eigenvalue weighted by Gasteiger charge is 2.66. The van der Waals surface area contributed by atoms with Gasteiger partial charge in [-0.05, 0) is 65.0 Å². The van der Waals surface area contributed by atoms with Gasteiger partial charge in [-0.2, -0.15) is 0 Å². The summed E-state index contributed by atoms with van der Waals surface area (Å²) in [6, 6.07) is 25.2. The monoisotopic (exact) mass is 686 g/mol. The molecule has 0 unspecified atom stereocenters. The van der Waals surface area contributed by atoms with Crippen molar-refractivity contribution in [2.24, 2.45) is 5.92 Å². The van der Waals surface area contributed by atoms with Gasteiger partial charge in [-0.3, -0.25) is 9.59 Å². The number of carbonyl (C=O) groups is 2. The van der Waals surface area contributed by atoms with Gasteiger partial charge in [-0.1, -0.05) is 67.6 Å². The number of hydrogen-bond donors (Lipinski definition) is 1. The van der Waals surface area contributed by atoms with Gasteiger partial charge in [-0.15, -0.1) is 0 Å². The maximum absolute atomic E-state index is 16.1. The first-order valence-electron chi connectivity index (χ1n) is 14.0. The van der Waals surface area contributed by atoms with E-state index < -0.39 is 31.6 Å². The number of aliphatic hydroxyl groups excluding tert-OH is 1. The molecule has 4 atom stereocenters. The van der Waals surface area contributed by atoms with Crippen LogP contribution in [0.4, 0.5) is 9.80 Å². The van der Waals surface area contributed by atoms with Crippen LogP contribution in [0.2, 0.25) is 18.6 Å². The molecule has 6 nitrogen and oxygen atoms in total. The van der Waals surface area contributed by atoms with Gasteiger partial charge < -0.3 is 23.8 Å². The van der Waals surface area contributed by atoms with E-state index in [4.69, 9.17) is 4.74 Å². The number of fused-ring (bicyclic) bond motifs is 2. The first-order chi connectivity index (χ1) is 19.6. The van der Waals surface area contributed by atoms with Gasteiger partial charge in [-0.25, -0.2) is 0 Å². The molecule has 1 fully saturated rings. The molecule has 216 valence electrons. The second-order valence-corrected chi connectivity index (χ2v) is 16.6. The third kappa shape index (κ3) is 5.73. The number of nitrogens with zero attached hydrogens (tertiary/aromatic N) is 2. The van der Waals surface area contributed by atoms with Gasteiger partial charge in [0, 0.05) is 33.7 Å². The van der Waals surface area contributed by atoms with Crippen molar-refractivity contribution >= 4 is 48.5 Å². The van der Waals surface area contributed by atoms with Crippen molar-refractivity contribution in [1.82, 2.24) is 4.90 Å². The molecule has 0 aromatic heterocycles. The van der Waals surface area contributed by atoms with Crippen LogP contribution in [0, 0.1) is 9.49 Å². The maximum atomic E-state index is 16.1. The molecule has 3 aromatic rings. The Morgan fingerprint density at radius 1 is 1.05 bits per heavy atom. The molecular weight excluding hydrogens is 650 g/mol. The van der Waals surface area contributed by atoms with Crippen LogP contribution in [0.25, 0.3) is 0 Å². The van der Waals surface area contributed by atoms with Gasteiger partial charge >= 0.3 is 0 Å². The van der Waals surface area contributed by atoms with Crippen molar-refractivity contribution < 1.29 is 23.5 Å². The zero-order valence-corrected chi connectivity index (χ0v) is 26.8. The molecule has 2 aliphatic rings. The standard InChI is InChI=1S/C32H36FIN2O4Si/c1-22-30(41(2,3)33)28(19-29(38)35(17-18-37)20-23-9-5-4-6-10-23)40-32(22)26-11-7-8-12-27(26)36(31(32)39)21-24-13-15-25(34)16-14-24/h4-16,22,28,30,37H,17-21H2,1-3H3/t22-,28+,30-,32+/m1/s1. The topological polar surface area (TPSA) is 70.1 Å². The fraction of sp³-hybridized carbons (Fsp3) is 0.375. The fourth-order valence-electron chi connectivity index (χ4n) is 6.65. The Kier molecular flexibility index (Phi) is 8.70. The predicted octanol–water partition coefficient (Wildman–Crippen LogP) is 6.02. The van der Waals surface area contributed by atoms with Crippen molar-refractivity contribution in [1.29, 1.82) is 0 Å². The molecule has 1 spiro atoms. The number of benzene rings is 3. The zero-order valence-electron chi connectivity index (χ0n) is 23.6. The Bertz CT molecular complexity index is 1400. The second-order valence-electron chi connectivity index (χ2n) is 11.5. The number of hydrogen-bond acceptors (Lipinski definition) is 4. The minimum absolute atomic E-state index is 0.0590. The fourth-order valence-corrected chi connectivity index (χ4v) is 9.50. The van der Waals surface area contributed by atoms with Crippen LogP contribution in [0.1, 0.15) is 30.0 Å². The number of para-hydroxylation sites is 1. The molecule has 1 saturated heterocycles. The van der Waals surface area contributed by atoms with Crippen molar-refractivity contribution in [2.75, 3.05) is 18.1 Å². The third-order valence-corrected chi connectivity index (χ3v) is 11.6. The van der Waals surface area contributed by atoms with Crippen molar-refractivity contribution in [2.45, 2.75) is 56.8 Å². The Labute approximate surface area is 255 Å². The van der Waals surface area contributed by atoms with Crippen LogP contribution in [0.15, 0.2) is 78.9 Å². The number of amides is 2. The number of aliphatic hydroxyl groups is 1. The average Bonchev–Trinajstić information content (AvgIpc) is 3.37. The summed E-state index contributed by atoms with van der Waals surface area (Å²) in [5.41, 5.74) is 1.48. The number of rotatable bonds is 9. The molecule has 41 heavy (non-hydrogen) atoms. The van der Waals surface area contributed by atoms with Crippen LogP contribution in [-0.4, -0.2) is 49.5 Å². The number of halogens is 2. The summed E-state index contributed by atoms with van der Waals surface area (Å²) < 4.78 is 24.0. The molecule has 0 saturated carbocycles. The van der Waals surface area contributed by atoms with E-state index in [0.29, 0.717) is 13.1 Å². The Balaban J connectivity index is 1.48. The van der Waals surface area contributed by atoms with Gasteiger partial charge in [0.05, 0.1) is 31.4 Å². The summed E-state index contributed by atoms with van der Waals surface area (Å²) in [7, 11) is -3.41. The summed E-state index contributed by atoms with van der Waals surface area (Å²) in [4.78, 5) is 31.4. The minimum Gasteiger partial charge on any atom is -0.395 e. The van der Waals surface area contributed by atoms with Crippen molar-refractivity contribution in [3.63, 3.8) is 0 Å². The predicted molar refractivity (Wildman–Crippen MR) is 168 cm³/mol. The summed E-state index contributed by atoms with van der Waals surface area (Å²) >= 11 is 2.25. The Morgan fingerprint density at radius 2 is 1.71 bits per heavy atom. The summed E-state index contributed by atoms with van der Waals surface area (Å²) in [6.07, 6.45) is -0.826. The summed E-state index contributed by atoms with van der Waals surface area (Å²) in [5.74, 6) is -0.905. The zero-order chi connectivity index (χ0) is 29.4. The lowest BCUT2D eigenvalue weighted by atomic mass is 9.82. The molecule has 2 heterocycles. The van der Waals surface area contributed by atoms with Gasteiger partial charge in [0.2, 0.25) is 14.3 Å². The summed E-state index contributed by atoms with van der Waals surface area (Å²) in [5, 5.41) is 9.70. The smallest absolute Gasteiger partial charge is 0.264 e. The van der Waals surface area contributed by atoms with Crippen LogP contribution < -0.4 is 4.90 Å². The van der Waals surface area contributed by atoms with E-state index in [1.807, 2.05) is 85.8 Å². The second kappa shape index (κ2) is 11.9. The lowest BCUT2D eigenvalue weighted by molar-refractivity contribution is -0.150. The van der Waals surface area contributed by atoms with Crippen LogP contribution in [0.5, 0.6) is 0 Å². The summed E-state index contributed by atoms with van der Waals surface area (Å²) in [6.45, 7) is 5.86. The molecule has 3 aromatic carbocycles. The van der Waals surface area contributed by atoms with E-state index in [0.717, 1.165) is 25.9 Å². The number of anilines is 1. The molecule has 0 bridgehead atoms. The lowest BCUT2D eigenvalue weighted by Gasteiger charge is -2.31. The van der Waals surface area contributed by atoms with Gasteiger partial charge in [0.15, 0.2) is 5.60 Å². The molecule has 1 N–H and O–H groups in total. The number of carbonyl (C=O) groups excluding carboxylic acids is 2. The Hall–Kier alpha value is -2.60. The van der Waals surface area contributed by atoms with E-state index >= 15 is 4.11 Å². The first-order valence-corrected chi connectivity index (χ1v) is 18.0.